The molecule has 154 valence electrons. The normalized spacial score (nSPS) is 20.7. The van der Waals surface area contributed by atoms with E-state index in [-0.39, 0.29) is 24.4 Å². The lowest BCUT2D eigenvalue weighted by molar-refractivity contribution is 0.00578. The van der Waals surface area contributed by atoms with E-state index in [0.29, 0.717) is 6.10 Å². The third-order valence-electron chi connectivity index (χ3n) is 5.22. The van der Waals surface area contributed by atoms with Crippen LogP contribution in [-0.4, -0.2) is 30.5 Å². The highest BCUT2D eigenvalue weighted by molar-refractivity contribution is 6.51. The molecule has 0 radical (unpaired) electrons. The summed E-state index contributed by atoms with van der Waals surface area (Å²) in [5.41, 5.74) is -0.565. The maximum absolute atomic E-state index is 6.26. The Morgan fingerprint density at radius 1 is 0.885 bits per heavy atom. The predicted octanol–water partition coefficient (Wildman–Crippen LogP) is 6.74. The van der Waals surface area contributed by atoms with Crippen LogP contribution in [0.4, 0.5) is 0 Å². The molecule has 0 amide bonds. The van der Waals surface area contributed by atoms with Gasteiger partial charge in [-0.1, -0.05) is 71.9 Å². The predicted molar refractivity (Wildman–Crippen MR) is 115 cm³/mol. The lowest BCUT2D eigenvalue weighted by atomic mass is 9.89. The van der Waals surface area contributed by atoms with Crippen molar-refractivity contribution in [1.29, 1.82) is 0 Å². The van der Waals surface area contributed by atoms with E-state index in [1.807, 2.05) is 19.8 Å². The molecule has 0 aliphatic carbocycles. The largest absolute Gasteiger partial charge is 0.486 e. The summed E-state index contributed by atoms with van der Waals surface area (Å²) in [4.78, 5) is 0. The Hall–Kier alpha value is -0.315. The molecule has 3 nitrogen and oxygen atoms in total. The van der Waals surface area contributed by atoms with Gasteiger partial charge in [0.1, 0.15) is 0 Å². The molecule has 26 heavy (non-hydrogen) atoms. The Morgan fingerprint density at radius 3 is 1.92 bits per heavy atom. The number of rotatable bonds is 11. The van der Waals surface area contributed by atoms with Crippen molar-refractivity contribution in [3.05, 3.63) is 12.1 Å². The minimum Gasteiger partial charge on any atom is -0.400 e. The van der Waals surface area contributed by atoms with Crippen LogP contribution in [0.3, 0.4) is 0 Å². The Bertz CT molecular complexity index is 364. The van der Waals surface area contributed by atoms with Crippen LogP contribution in [0.2, 0.25) is 0 Å². The molecule has 0 N–H and O–H groups in total. The molecule has 0 spiro atoms. The van der Waals surface area contributed by atoms with E-state index < -0.39 is 0 Å². The van der Waals surface area contributed by atoms with Gasteiger partial charge in [-0.05, 0) is 47.5 Å². The van der Waals surface area contributed by atoms with Crippen molar-refractivity contribution in [3.63, 3.8) is 0 Å². The molecule has 1 saturated heterocycles. The average Bonchev–Trinajstić information content (AvgIpc) is 2.79. The van der Waals surface area contributed by atoms with Gasteiger partial charge in [0.25, 0.3) is 0 Å². The van der Waals surface area contributed by atoms with E-state index in [2.05, 4.69) is 54.5 Å². The minimum absolute atomic E-state index is 0.153. The maximum Gasteiger partial charge on any atom is 0.486 e. The van der Waals surface area contributed by atoms with Crippen molar-refractivity contribution in [2.24, 2.45) is 0 Å². The lowest BCUT2D eigenvalue weighted by Crippen LogP contribution is -2.41. The molecule has 0 aromatic heterocycles. The number of hydrogen-bond acceptors (Lipinski definition) is 3. The number of hydrogen-bond donors (Lipinski definition) is 0. The molecule has 1 aliphatic rings. The van der Waals surface area contributed by atoms with Crippen molar-refractivity contribution in [2.75, 3.05) is 0 Å². The summed E-state index contributed by atoms with van der Waals surface area (Å²) < 4.78 is 18.3. The lowest BCUT2D eigenvalue weighted by Gasteiger charge is -2.32. The van der Waals surface area contributed by atoms with E-state index >= 15 is 0 Å². The first-order valence-electron chi connectivity index (χ1n) is 10.9. The van der Waals surface area contributed by atoms with Crippen molar-refractivity contribution >= 4 is 7.12 Å². The van der Waals surface area contributed by atoms with Gasteiger partial charge in [-0.25, -0.2) is 0 Å². The fraction of sp³-hybridized carbons (Fsp3) is 0.909. The average molecular weight is 368 g/mol. The van der Waals surface area contributed by atoms with Crippen LogP contribution in [0.25, 0.3) is 0 Å². The highest BCUT2D eigenvalue weighted by Gasteiger charge is 2.50. The zero-order valence-electron chi connectivity index (χ0n) is 19.1. The number of unbranched alkanes of at least 4 members (excludes halogenated alkanes) is 3. The van der Waals surface area contributed by atoms with E-state index in [0.717, 1.165) is 12.8 Å². The molecular weight excluding hydrogens is 323 g/mol. The van der Waals surface area contributed by atoms with E-state index in [9.17, 15) is 0 Å². The van der Waals surface area contributed by atoms with Crippen LogP contribution in [0.15, 0.2) is 12.1 Å². The fourth-order valence-electron chi connectivity index (χ4n) is 2.85. The first-order valence-corrected chi connectivity index (χ1v) is 10.9. The van der Waals surface area contributed by atoms with Gasteiger partial charge in [-0.15, -0.1) is 0 Å². The summed E-state index contributed by atoms with van der Waals surface area (Å²) in [5, 5.41) is 0. The van der Waals surface area contributed by atoms with Gasteiger partial charge in [0.05, 0.1) is 23.4 Å². The van der Waals surface area contributed by atoms with Crippen molar-refractivity contribution in [3.8, 4) is 0 Å². The van der Waals surface area contributed by atoms with E-state index in [1.54, 1.807) is 0 Å². The van der Waals surface area contributed by atoms with Crippen molar-refractivity contribution in [1.82, 2.24) is 0 Å². The summed E-state index contributed by atoms with van der Waals surface area (Å²) in [6.07, 6.45) is 11.0. The molecule has 1 fully saturated rings. The molecular formula is C22H45BO3. The molecule has 1 rings (SSSR count). The second-order valence-corrected chi connectivity index (χ2v) is 8.13. The van der Waals surface area contributed by atoms with Gasteiger partial charge in [0.15, 0.2) is 0 Å². The second kappa shape index (κ2) is 13.0. The van der Waals surface area contributed by atoms with Crippen molar-refractivity contribution < 1.29 is 14.0 Å². The molecule has 2 atom stereocenters. The standard InChI is InChI=1S/C20H39BO3.C2H6/c1-8-10-12-13-17(3)22-18(14-11-9-2)15-16-21-23-19(4,5)20(6,7)24-21;1-2/h15-18H,8-14H2,1-7H3;1-2H3/b16-15+;. The van der Waals surface area contributed by atoms with Crippen LogP contribution >= 0.6 is 0 Å². The Balaban J connectivity index is 0.00000301. The van der Waals surface area contributed by atoms with Gasteiger partial charge >= 0.3 is 7.12 Å². The first-order chi connectivity index (χ1) is 12.2. The highest BCUT2D eigenvalue weighted by atomic mass is 16.7. The van der Waals surface area contributed by atoms with Crippen LogP contribution < -0.4 is 0 Å². The fourth-order valence-corrected chi connectivity index (χ4v) is 2.85. The zero-order valence-corrected chi connectivity index (χ0v) is 19.1. The molecule has 1 aliphatic heterocycles. The van der Waals surface area contributed by atoms with Gasteiger partial charge in [0.2, 0.25) is 0 Å². The zero-order chi connectivity index (χ0) is 20.2. The highest BCUT2D eigenvalue weighted by Crippen LogP contribution is 2.37. The smallest absolute Gasteiger partial charge is 0.400 e. The Morgan fingerprint density at radius 2 is 1.42 bits per heavy atom. The third kappa shape index (κ3) is 9.06. The number of ether oxygens (including phenoxy) is 1. The van der Waals surface area contributed by atoms with E-state index in [4.69, 9.17) is 14.0 Å². The molecule has 1 heterocycles. The molecule has 0 aromatic rings. The second-order valence-electron chi connectivity index (χ2n) is 8.13. The first kappa shape index (κ1) is 25.7. The SMILES string of the molecule is CC.CCCCCC(C)OC(/C=C/B1OC(C)(C)C(C)(C)O1)CCCC. The molecule has 4 heteroatoms. The van der Waals surface area contributed by atoms with Gasteiger partial charge in [-0.2, -0.15) is 0 Å². The van der Waals surface area contributed by atoms with Crippen LogP contribution in [0.1, 0.15) is 107 Å². The quantitative estimate of drug-likeness (QED) is 0.298. The molecule has 0 bridgehead atoms. The van der Waals surface area contributed by atoms with E-state index in [1.165, 1.54) is 32.1 Å². The third-order valence-corrected chi connectivity index (χ3v) is 5.22. The van der Waals surface area contributed by atoms with Gasteiger partial charge < -0.3 is 14.0 Å². The molecule has 2 unspecified atom stereocenters. The maximum atomic E-state index is 6.26. The summed E-state index contributed by atoms with van der Waals surface area (Å²) in [5.74, 6) is 2.04. The minimum atomic E-state index is -0.283. The van der Waals surface area contributed by atoms with Crippen LogP contribution in [0, 0.1) is 0 Å². The topological polar surface area (TPSA) is 27.7 Å². The van der Waals surface area contributed by atoms with Crippen molar-refractivity contribution in [2.45, 2.75) is 131 Å². The van der Waals surface area contributed by atoms with Gasteiger partial charge in [-0.3, -0.25) is 0 Å². The van der Waals surface area contributed by atoms with Crippen LogP contribution in [-0.2, 0) is 14.0 Å². The molecule has 0 saturated carbocycles. The van der Waals surface area contributed by atoms with Crippen LogP contribution in [0.5, 0.6) is 0 Å². The summed E-state index contributed by atoms with van der Waals surface area (Å²) >= 11 is 0. The monoisotopic (exact) mass is 368 g/mol. The molecule has 0 aromatic carbocycles. The summed E-state index contributed by atoms with van der Waals surface area (Å²) in [6.45, 7) is 19.0. The summed E-state index contributed by atoms with van der Waals surface area (Å²) in [6, 6.07) is 0. The van der Waals surface area contributed by atoms with Gasteiger partial charge in [0, 0.05) is 0 Å². The Kier molecular flexibility index (Phi) is 12.8. The Labute approximate surface area is 164 Å². The summed E-state index contributed by atoms with van der Waals surface area (Å²) in [7, 11) is -0.280.